The smallest absolute Gasteiger partial charge is 0.384 e. The number of hydrogen-bond donors (Lipinski definition) is 0. The van der Waals surface area contributed by atoms with Gasteiger partial charge in [0.05, 0.1) is 0 Å². The van der Waals surface area contributed by atoms with Crippen molar-refractivity contribution in [2.24, 2.45) is 0 Å². The average molecular weight is 1410 g/mol. The molecule has 0 radical (unpaired) electrons. The summed E-state index contributed by atoms with van der Waals surface area (Å²) in [4.78, 5) is 0. The molecule has 0 aromatic carbocycles. The highest BCUT2D eigenvalue weighted by atomic mass is 28.2. The summed E-state index contributed by atoms with van der Waals surface area (Å²) in [6.45, 7) is 0. The second-order valence-electron chi connectivity index (χ2n) is 16.7. The van der Waals surface area contributed by atoms with Crippen LogP contribution in [-0.4, -0.2) is 198 Å². The Morgan fingerprint density at radius 1 is 0.224 bits per heavy atom. The summed E-state index contributed by atoms with van der Waals surface area (Å²) in [5, 5.41) is 0. The Balaban J connectivity index is 9.28. The van der Waals surface area contributed by atoms with Crippen LogP contribution in [0, 0.1) is 0 Å². The number of halogens is 51. The van der Waals surface area contributed by atoms with Crippen LogP contribution >= 0.6 is 0 Å². The van der Waals surface area contributed by atoms with E-state index in [1.165, 1.54) is 0 Å². The summed E-state index contributed by atoms with van der Waals surface area (Å²) in [6, 6.07) is 0. The standard InChI is InChI=1S/C32H17F51OSi/c33-2(15(48,49)21(60,61)27(72,73)28(74,75)22(62,63)16(50,51)6(37)3(34)9(40)41)1-14(84-85,12(46)19(56,57)25(68,69)31(80,81)29(76,77)23(64,65)17(52,53)7(38)4(35)10(42)43)13(47)20(58,59)26(70,71)32(82,83)30(78,79)24(66,67)18(54,55)8(39)5(36)11(44)45/h2-13H,1H2,85H3. The Kier molecular flexibility index (Phi) is 22.2. The van der Waals surface area contributed by atoms with Gasteiger partial charge in [0.2, 0.25) is 30.9 Å². The second kappa shape index (κ2) is 23.1. The van der Waals surface area contributed by atoms with Crippen molar-refractivity contribution in [2.75, 3.05) is 0 Å². The lowest BCUT2D eigenvalue weighted by atomic mass is 9.74. The van der Waals surface area contributed by atoms with E-state index in [9.17, 15) is 193 Å². The van der Waals surface area contributed by atoms with E-state index in [2.05, 4.69) is 4.43 Å². The highest BCUT2D eigenvalue weighted by molar-refractivity contribution is 5.98. The van der Waals surface area contributed by atoms with Crippen molar-refractivity contribution in [3.8, 4) is 0 Å². The fourth-order valence-electron chi connectivity index (χ4n) is 6.10. The van der Waals surface area contributed by atoms with Crippen LogP contribution in [0.5, 0.6) is 0 Å². The number of hydrogen-bond acceptors (Lipinski definition) is 1. The minimum Gasteiger partial charge on any atom is -0.416 e. The molecule has 85 heavy (non-hydrogen) atoms. The van der Waals surface area contributed by atoms with E-state index in [1.807, 2.05) is 0 Å². The topological polar surface area (TPSA) is 9.23 Å². The van der Waals surface area contributed by atoms with E-state index in [4.69, 9.17) is 0 Å². The van der Waals surface area contributed by atoms with Gasteiger partial charge in [0, 0.05) is 6.42 Å². The molecule has 0 saturated heterocycles. The molecule has 9 atom stereocenters. The minimum absolute atomic E-state index is 2.45. The molecule has 1 nitrogen and oxygen atoms in total. The average Bonchev–Trinajstić information content (AvgIpc) is 3.34. The molecular weight excluding hydrogens is 1400 g/mol. The molecule has 512 valence electrons. The molecule has 0 spiro atoms. The zero-order valence-corrected chi connectivity index (χ0v) is 39.8. The van der Waals surface area contributed by atoms with Crippen LogP contribution in [0.4, 0.5) is 224 Å². The first-order valence-electron chi connectivity index (χ1n) is 19.5. The summed E-state index contributed by atoms with van der Waals surface area (Å²) in [5.41, 5.74) is -8.52. The highest BCUT2D eigenvalue weighted by Crippen LogP contribution is 2.68. The molecule has 53 heteroatoms. The Hall–Kier alpha value is -3.39. The lowest BCUT2D eigenvalue weighted by Crippen LogP contribution is -2.78. The SMILES string of the molecule is FC(F)C(F)C(F)C(F)(F)C(F)(F)C(F)(F)C(F)(F)C(F)(F)C(F)(F)C(F)CC(O[SiH3])(C(F)C(F)(F)C(F)(F)C(F)(F)C(F)(F)C(F)(F)C(F)(F)C(F)C(F)C(F)F)C(F)C(F)(F)C(F)(F)C(F)(F)C(F)(F)C(F)(F)C(F)(F)C(F)C(F)C(F)F. The summed E-state index contributed by atoms with van der Waals surface area (Å²) in [7, 11) is -3.54. The van der Waals surface area contributed by atoms with Gasteiger partial charge in [0.25, 0.3) is 19.3 Å². The summed E-state index contributed by atoms with van der Waals surface area (Å²) >= 11 is 0. The fraction of sp³-hybridized carbons (Fsp3) is 1.00. The highest BCUT2D eigenvalue weighted by Gasteiger charge is 2.97. The molecule has 0 fully saturated rings. The van der Waals surface area contributed by atoms with Crippen LogP contribution in [-0.2, 0) is 4.43 Å². The van der Waals surface area contributed by atoms with Gasteiger partial charge in [-0.2, -0.15) is 158 Å². The Morgan fingerprint density at radius 2 is 0.376 bits per heavy atom. The zero-order chi connectivity index (χ0) is 69.8. The van der Waals surface area contributed by atoms with Crippen LogP contribution in [0.1, 0.15) is 6.42 Å². The molecule has 0 amide bonds. The van der Waals surface area contributed by atoms with E-state index in [0.717, 1.165) is 0 Å². The molecule has 0 bridgehead atoms. The Labute approximate surface area is 433 Å². The molecular formula is C32H17F51OSi. The molecule has 0 aliphatic heterocycles. The van der Waals surface area contributed by atoms with Crippen molar-refractivity contribution in [1.82, 2.24) is 0 Å². The molecule has 0 aromatic rings. The molecule has 0 saturated carbocycles. The summed E-state index contributed by atoms with van der Waals surface area (Å²) in [6.07, 6.45) is -85.0. The maximum absolute atomic E-state index is 15.9. The van der Waals surface area contributed by atoms with Gasteiger partial charge >= 0.3 is 107 Å². The van der Waals surface area contributed by atoms with Crippen LogP contribution < -0.4 is 0 Å². The minimum atomic E-state index is -10.2. The van der Waals surface area contributed by atoms with Crippen molar-refractivity contribution < 1.29 is 228 Å². The molecule has 0 rings (SSSR count). The Morgan fingerprint density at radius 3 is 0.529 bits per heavy atom. The lowest BCUT2D eigenvalue weighted by molar-refractivity contribution is -0.445. The maximum atomic E-state index is 15.9. The van der Waals surface area contributed by atoms with Gasteiger partial charge < -0.3 is 4.43 Å². The van der Waals surface area contributed by atoms with E-state index in [1.54, 1.807) is 0 Å². The van der Waals surface area contributed by atoms with E-state index in [-0.39, 0.29) is 0 Å². The largest absolute Gasteiger partial charge is 0.416 e. The van der Waals surface area contributed by atoms with Crippen molar-refractivity contribution >= 4 is 10.5 Å². The van der Waals surface area contributed by atoms with Gasteiger partial charge in [-0.3, -0.25) is 0 Å². The molecule has 0 aromatic heterocycles. The second-order valence-corrected chi connectivity index (χ2v) is 17.1. The molecule has 9 unspecified atom stereocenters. The first-order chi connectivity index (χ1) is 36.5. The van der Waals surface area contributed by atoms with E-state index >= 15 is 30.7 Å². The quantitative estimate of drug-likeness (QED) is 0.0482. The normalized spacial score (nSPS) is 20.1. The van der Waals surface area contributed by atoms with E-state index in [0.29, 0.717) is 0 Å². The first kappa shape index (κ1) is 81.6. The third-order valence-corrected chi connectivity index (χ3v) is 12.2. The van der Waals surface area contributed by atoms with Crippen LogP contribution in [0.15, 0.2) is 0 Å². The monoisotopic (exact) mass is 1410 g/mol. The zero-order valence-electron chi connectivity index (χ0n) is 37.8. The van der Waals surface area contributed by atoms with Crippen molar-refractivity contribution in [3.05, 3.63) is 0 Å². The Bertz CT molecular complexity index is 2120. The van der Waals surface area contributed by atoms with Crippen molar-refractivity contribution in [1.29, 1.82) is 0 Å². The van der Waals surface area contributed by atoms with Crippen LogP contribution in [0.3, 0.4) is 0 Å². The van der Waals surface area contributed by atoms with Gasteiger partial charge in [-0.25, -0.2) is 65.9 Å². The van der Waals surface area contributed by atoms with E-state index < -0.39 is 204 Å². The van der Waals surface area contributed by atoms with Gasteiger partial charge in [0.15, 0.2) is 24.7 Å². The first-order valence-corrected chi connectivity index (χ1v) is 20.3. The summed E-state index contributed by atoms with van der Waals surface area (Å²) in [5.74, 6) is -174. The predicted molar refractivity (Wildman–Crippen MR) is 169 cm³/mol. The third-order valence-electron chi connectivity index (χ3n) is 11.4. The fourth-order valence-corrected chi connectivity index (χ4v) is 6.68. The van der Waals surface area contributed by atoms with Gasteiger partial charge in [-0.15, -0.1) is 0 Å². The third kappa shape index (κ3) is 11.1. The molecule has 0 N–H and O–H groups in total. The van der Waals surface area contributed by atoms with Gasteiger partial charge in [0.1, 0.15) is 16.1 Å². The van der Waals surface area contributed by atoms with Crippen LogP contribution in [0.25, 0.3) is 0 Å². The summed E-state index contributed by atoms with van der Waals surface area (Å²) < 4.78 is 725. The molecule has 0 aliphatic rings. The molecule has 0 aliphatic carbocycles. The lowest BCUT2D eigenvalue weighted by Gasteiger charge is -2.49. The van der Waals surface area contributed by atoms with Gasteiger partial charge in [-0.05, 0) is 0 Å². The van der Waals surface area contributed by atoms with Crippen molar-refractivity contribution in [2.45, 2.75) is 193 Å². The van der Waals surface area contributed by atoms with Crippen molar-refractivity contribution in [3.63, 3.8) is 0 Å². The maximum Gasteiger partial charge on any atom is 0.384 e. The van der Waals surface area contributed by atoms with Crippen LogP contribution in [0.2, 0.25) is 0 Å². The predicted octanol–water partition coefficient (Wildman–Crippen LogP) is 15.7. The van der Waals surface area contributed by atoms with Gasteiger partial charge in [-0.1, -0.05) is 0 Å². The molecule has 0 heterocycles. The number of rotatable bonds is 32. The number of alkyl halides is 51.